The van der Waals surface area contributed by atoms with Crippen molar-refractivity contribution in [1.82, 2.24) is 4.57 Å². The lowest BCUT2D eigenvalue weighted by Crippen LogP contribution is -3.12. The van der Waals surface area contributed by atoms with E-state index in [1.807, 2.05) is 0 Å². The smallest absolute Gasteiger partial charge is 0.118 e. The van der Waals surface area contributed by atoms with Crippen molar-refractivity contribution in [3.05, 3.63) is 59.4 Å². The van der Waals surface area contributed by atoms with E-state index in [4.69, 9.17) is 4.74 Å². The average molecular weight is 346 g/mol. The van der Waals surface area contributed by atoms with Crippen LogP contribution in [0.2, 0.25) is 0 Å². The Morgan fingerprint density at radius 3 is 2.72 bits per heavy atom. The first kappa shape index (κ1) is 19.7. The number of ether oxygens (including phenoxy) is 1. The lowest BCUT2D eigenvalue weighted by molar-refractivity contribution is -0.917. The third-order valence-corrected chi connectivity index (χ3v) is 4.76. The first-order valence-corrected chi connectivity index (χ1v) is 9.33. The van der Waals surface area contributed by atoms with E-state index in [0.717, 1.165) is 39.0 Å². The topological polar surface area (TPSA) is 38.8 Å². The van der Waals surface area contributed by atoms with Crippen LogP contribution in [0.15, 0.2) is 42.6 Å². The number of nitrogens with zero attached hydrogens (tertiary/aromatic N) is 1. The second-order valence-electron chi connectivity index (χ2n) is 6.87. The maximum Gasteiger partial charge on any atom is 0.118 e. The van der Waals surface area contributed by atoms with Gasteiger partial charge in [0.25, 0.3) is 0 Å². The summed E-state index contributed by atoms with van der Waals surface area (Å²) in [6.07, 6.45) is 3.79. The van der Waals surface area contributed by atoms with Crippen LogP contribution < -0.4 is 4.90 Å². The molecule has 1 aromatic carbocycles. The molecule has 0 saturated carbocycles. The van der Waals surface area contributed by atoms with E-state index in [9.17, 15) is 5.11 Å². The first-order chi connectivity index (χ1) is 12.1. The number of nitrogens with one attached hydrogen (secondary N) is 1. The van der Waals surface area contributed by atoms with Crippen LogP contribution in [-0.2, 0) is 17.8 Å². The summed E-state index contributed by atoms with van der Waals surface area (Å²) in [7, 11) is 1.74. The molecule has 0 aliphatic heterocycles. The fourth-order valence-corrected chi connectivity index (χ4v) is 3.27. The molecule has 0 saturated heterocycles. The Hall–Kier alpha value is -1.62. The van der Waals surface area contributed by atoms with Crippen LogP contribution in [-0.4, -0.2) is 42.6 Å². The summed E-state index contributed by atoms with van der Waals surface area (Å²) in [5, 5.41) is 10.2. The second-order valence-corrected chi connectivity index (χ2v) is 6.87. The highest BCUT2D eigenvalue weighted by atomic mass is 16.5. The molecule has 0 radical (unpaired) electrons. The number of hydrogen-bond donors (Lipinski definition) is 2. The predicted octanol–water partition coefficient (Wildman–Crippen LogP) is 2.04. The van der Waals surface area contributed by atoms with Crippen LogP contribution in [0, 0.1) is 6.92 Å². The van der Waals surface area contributed by atoms with Gasteiger partial charge in [0.1, 0.15) is 25.7 Å². The zero-order valence-corrected chi connectivity index (χ0v) is 15.9. The zero-order valence-electron chi connectivity index (χ0n) is 15.9. The van der Waals surface area contributed by atoms with Crippen LogP contribution in [0.1, 0.15) is 36.6 Å². The lowest BCUT2D eigenvalue weighted by atomic mass is 10.1. The Labute approximate surface area is 152 Å². The lowest BCUT2D eigenvalue weighted by Gasteiger charge is -2.23. The summed E-state index contributed by atoms with van der Waals surface area (Å²) in [6, 6.07) is 12.8. The van der Waals surface area contributed by atoms with Gasteiger partial charge in [-0.25, -0.2) is 0 Å². The van der Waals surface area contributed by atoms with Gasteiger partial charge in [0.05, 0.1) is 12.3 Å². The molecule has 2 rings (SSSR count). The average Bonchev–Trinajstić information content (AvgIpc) is 3.02. The Bertz CT molecular complexity index is 624. The van der Waals surface area contributed by atoms with Gasteiger partial charge in [-0.15, -0.1) is 0 Å². The van der Waals surface area contributed by atoms with Crippen LogP contribution in [0.25, 0.3) is 0 Å². The fraction of sp³-hybridized carbons (Fsp3) is 0.524. The first-order valence-electron chi connectivity index (χ1n) is 9.33. The van der Waals surface area contributed by atoms with E-state index < -0.39 is 0 Å². The highest BCUT2D eigenvalue weighted by Gasteiger charge is 2.17. The van der Waals surface area contributed by atoms with Gasteiger partial charge in [-0.1, -0.05) is 37.6 Å². The third-order valence-electron chi connectivity index (χ3n) is 4.76. The van der Waals surface area contributed by atoms with Crippen molar-refractivity contribution in [2.24, 2.45) is 0 Å². The van der Waals surface area contributed by atoms with Crippen LogP contribution in [0.3, 0.4) is 0 Å². The number of aryl methyl sites for hydroxylation is 1. The number of hydrogen-bond acceptors (Lipinski definition) is 2. The number of benzene rings is 1. The van der Waals surface area contributed by atoms with E-state index in [0.29, 0.717) is 6.61 Å². The minimum absolute atomic E-state index is 0.239. The summed E-state index contributed by atoms with van der Waals surface area (Å²) in [5.41, 5.74) is 3.98. The molecule has 25 heavy (non-hydrogen) atoms. The summed E-state index contributed by atoms with van der Waals surface area (Å²) in [4.78, 5) is 1.37. The molecule has 0 aliphatic rings. The predicted molar refractivity (Wildman–Crippen MR) is 102 cm³/mol. The van der Waals surface area contributed by atoms with Gasteiger partial charge in [0, 0.05) is 19.9 Å². The number of aromatic nitrogens is 1. The molecule has 0 spiro atoms. The van der Waals surface area contributed by atoms with Crippen molar-refractivity contribution in [2.45, 2.75) is 45.9 Å². The molecular weight excluding hydrogens is 312 g/mol. The van der Waals surface area contributed by atoms with Crippen molar-refractivity contribution in [2.75, 3.05) is 26.8 Å². The van der Waals surface area contributed by atoms with Gasteiger partial charge in [0.2, 0.25) is 0 Å². The molecule has 2 N–H and O–H groups in total. The summed E-state index contributed by atoms with van der Waals surface area (Å²) in [5.74, 6) is 0. The van der Waals surface area contributed by atoms with Gasteiger partial charge in [-0.05, 0) is 36.6 Å². The van der Waals surface area contributed by atoms with Gasteiger partial charge in [-0.3, -0.25) is 0 Å². The maximum atomic E-state index is 10.2. The fourth-order valence-electron chi connectivity index (χ4n) is 3.27. The molecule has 4 nitrogen and oxygen atoms in total. The summed E-state index contributed by atoms with van der Waals surface area (Å²) < 4.78 is 7.59. The molecule has 4 heteroatoms. The van der Waals surface area contributed by atoms with E-state index in [-0.39, 0.29) is 6.10 Å². The number of aliphatic hydroxyl groups excluding tert-OH is 1. The molecule has 0 bridgehead atoms. The molecule has 2 aromatic rings. The van der Waals surface area contributed by atoms with Crippen molar-refractivity contribution in [1.29, 1.82) is 0 Å². The van der Waals surface area contributed by atoms with Crippen LogP contribution >= 0.6 is 0 Å². The van der Waals surface area contributed by atoms with Gasteiger partial charge in [0.15, 0.2) is 0 Å². The Kier molecular flexibility index (Phi) is 8.19. The molecule has 0 fully saturated rings. The van der Waals surface area contributed by atoms with Gasteiger partial charge in [-0.2, -0.15) is 0 Å². The largest absolute Gasteiger partial charge is 0.387 e. The van der Waals surface area contributed by atoms with Crippen molar-refractivity contribution in [3.63, 3.8) is 0 Å². The Balaban J connectivity index is 2.06. The Morgan fingerprint density at radius 2 is 2.00 bits per heavy atom. The Morgan fingerprint density at radius 1 is 1.20 bits per heavy atom. The molecular formula is C21H33N2O2+. The number of aliphatic hydroxyl groups is 1. The van der Waals surface area contributed by atoms with Crippen molar-refractivity contribution in [3.8, 4) is 0 Å². The molecule has 138 valence electrons. The molecule has 0 amide bonds. The van der Waals surface area contributed by atoms with Crippen LogP contribution in [0.4, 0.5) is 0 Å². The second kappa shape index (κ2) is 10.4. The molecule has 1 unspecified atom stereocenters. The minimum Gasteiger partial charge on any atom is -0.387 e. The molecule has 2 atom stereocenters. The normalized spacial score (nSPS) is 13.8. The monoisotopic (exact) mass is 345 g/mol. The SMILES string of the molecule is CCC[C@@H](O)C[NH+](CCOC)Cc1cccn1Cc1ccccc1C. The standard InChI is InChI=1S/C21H32N2O2/c1-4-8-21(24)17-22(13-14-25-3)16-20-11-7-12-23(20)15-19-10-6-5-9-18(19)2/h5-7,9-12,21,24H,4,8,13-17H2,1-3H3/p+1/t21-/m1/s1. The number of rotatable bonds is 11. The molecule has 0 aliphatic carbocycles. The van der Waals surface area contributed by atoms with E-state index in [1.54, 1.807) is 7.11 Å². The highest BCUT2D eigenvalue weighted by molar-refractivity contribution is 5.26. The molecule has 1 heterocycles. The molecule has 1 aromatic heterocycles. The van der Waals surface area contributed by atoms with E-state index in [2.05, 4.69) is 61.0 Å². The van der Waals surface area contributed by atoms with E-state index in [1.165, 1.54) is 21.7 Å². The minimum atomic E-state index is -0.239. The quantitative estimate of drug-likeness (QED) is 0.654. The van der Waals surface area contributed by atoms with Gasteiger partial charge >= 0.3 is 0 Å². The van der Waals surface area contributed by atoms with Crippen molar-refractivity contribution < 1.29 is 14.7 Å². The number of quaternary nitrogens is 1. The maximum absolute atomic E-state index is 10.2. The van der Waals surface area contributed by atoms with Crippen molar-refractivity contribution >= 4 is 0 Å². The van der Waals surface area contributed by atoms with Gasteiger partial charge < -0.3 is 19.3 Å². The van der Waals surface area contributed by atoms with E-state index >= 15 is 0 Å². The third kappa shape index (κ3) is 6.31. The van der Waals surface area contributed by atoms with Crippen LogP contribution in [0.5, 0.6) is 0 Å². The zero-order chi connectivity index (χ0) is 18.1. The summed E-state index contributed by atoms with van der Waals surface area (Å²) in [6.45, 7) is 8.47. The number of methoxy groups -OCH3 is 1. The summed E-state index contributed by atoms with van der Waals surface area (Å²) >= 11 is 0. The highest BCUT2D eigenvalue weighted by Crippen LogP contribution is 2.11.